The number of hydrogen-bond acceptors (Lipinski definition) is 3. The number of likely N-dealkylation sites (N-methyl/N-ethyl adjacent to an activating group) is 1. The van der Waals surface area contributed by atoms with E-state index in [-0.39, 0.29) is 0 Å². The van der Waals surface area contributed by atoms with Gasteiger partial charge in [-0.15, -0.1) is 0 Å². The molecule has 1 saturated carbocycles. The van der Waals surface area contributed by atoms with Gasteiger partial charge in [-0.2, -0.15) is 0 Å². The second kappa shape index (κ2) is 6.08. The SMILES string of the molecule is CN(CC1CCCCC1)CC(N)C(=O)O. The third-order valence-corrected chi connectivity index (χ3v) is 3.12. The van der Waals surface area contributed by atoms with Gasteiger partial charge in [-0.25, -0.2) is 0 Å². The van der Waals surface area contributed by atoms with Crippen molar-refractivity contribution in [3.8, 4) is 0 Å². The highest BCUT2D eigenvalue weighted by molar-refractivity contribution is 5.73. The number of carbonyl (C=O) groups is 1. The van der Waals surface area contributed by atoms with Crippen molar-refractivity contribution in [2.24, 2.45) is 11.7 Å². The molecule has 88 valence electrons. The standard InChI is InChI=1S/C11H22N2O2/c1-13(8-10(12)11(14)15)7-9-5-3-2-4-6-9/h9-10H,2-8,12H2,1H3,(H,14,15). The van der Waals surface area contributed by atoms with E-state index in [1.165, 1.54) is 32.1 Å². The summed E-state index contributed by atoms with van der Waals surface area (Å²) in [7, 11) is 1.96. The Morgan fingerprint density at radius 1 is 1.47 bits per heavy atom. The molecule has 1 aliphatic carbocycles. The topological polar surface area (TPSA) is 66.6 Å². The van der Waals surface area contributed by atoms with Crippen LogP contribution in [0.15, 0.2) is 0 Å². The molecule has 1 rings (SSSR count). The molecule has 0 radical (unpaired) electrons. The van der Waals surface area contributed by atoms with Crippen molar-refractivity contribution in [2.45, 2.75) is 38.1 Å². The van der Waals surface area contributed by atoms with Gasteiger partial charge in [-0.05, 0) is 25.8 Å². The van der Waals surface area contributed by atoms with Crippen LogP contribution in [0.1, 0.15) is 32.1 Å². The largest absolute Gasteiger partial charge is 0.480 e. The van der Waals surface area contributed by atoms with Crippen molar-refractivity contribution in [2.75, 3.05) is 20.1 Å². The number of carboxylic acids is 1. The van der Waals surface area contributed by atoms with Gasteiger partial charge in [0.2, 0.25) is 0 Å². The highest BCUT2D eigenvalue weighted by Gasteiger charge is 2.18. The van der Waals surface area contributed by atoms with Crippen molar-refractivity contribution in [1.82, 2.24) is 4.90 Å². The highest BCUT2D eigenvalue weighted by Crippen LogP contribution is 2.23. The van der Waals surface area contributed by atoms with Crippen LogP contribution in [-0.4, -0.2) is 42.2 Å². The van der Waals surface area contributed by atoms with Crippen LogP contribution in [0.25, 0.3) is 0 Å². The molecular formula is C11H22N2O2. The van der Waals surface area contributed by atoms with Crippen molar-refractivity contribution in [1.29, 1.82) is 0 Å². The van der Waals surface area contributed by atoms with Crippen LogP contribution < -0.4 is 5.73 Å². The lowest BCUT2D eigenvalue weighted by molar-refractivity contribution is -0.138. The first-order valence-electron chi connectivity index (χ1n) is 5.76. The maximum Gasteiger partial charge on any atom is 0.321 e. The first-order chi connectivity index (χ1) is 7.09. The van der Waals surface area contributed by atoms with Crippen molar-refractivity contribution >= 4 is 5.97 Å². The molecule has 3 N–H and O–H groups in total. The van der Waals surface area contributed by atoms with Gasteiger partial charge in [0.05, 0.1) is 0 Å². The molecule has 0 heterocycles. The van der Waals surface area contributed by atoms with Crippen LogP contribution in [0, 0.1) is 5.92 Å². The van der Waals surface area contributed by atoms with E-state index in [9.17, 15) is 4.79 Å². The minimum atomic E-state index is -0.912. The number of carboxylic acid groups (broad SMARTS) is 1. The predicted molar refractivity (Wildman–Crippen MR) is 59.7 cm³/mol. The molecular weight excluding hydrogens is 192 g/mol. The van der Waals surface area contributed by atoms with E-state index in [4.69, 9.17) is 10.8 Å². The average molecular weight is 214 g/mol. The van der Waals surface area contributed by atoms with Crippen LogP contribution in [0.4, 0.5) is 0 Å². The molecule has 1 aliphatic rings. The highest BCUT2D eigenvalue weighted by atomic mass is 16.4. The van der Waals surface area contributed by atoms with E-state index in [0.29, 0.717) is 6.54 Å². The monoisotopic (exact) mass is 214 g/mol. The summed E-state index contributed by atoms with van der Waals surface area (Å²) in [4.78, 5) is 12.6. The van der Waals surface area contributed by atoms with Gasteiger partial charge in [-0.1, -0.05) is 19.3 Å². The Morgan fingerprint density at radius 2 is 2.07 bits per heavy atom. The molecule has 1 unspecified atom stereocenters. The smallest absolute Gasteiger partial charge is 0.321 e. The summed E-state index contributed by atoms with van der Waals surface area (Å²) in [5, 5.41) is 8.69. The number of nitrogens with zero attached hydrogens (tertiary/aromatic N) is 1. The van der Waals surface area contributed by atoms with E-state index < -0.39 is 12.0 Å². The van der Waals surface area contributed by atoms with Gasteiger partial charge < -0.3 is 15.7 Å². The number of rotatable bonds is 5. The molecule has 1 fully saturated rings. The molecule has 15 heavy (non-hydrogen) atoms. The Hall–Kier alpha value is -0.610. The molecule has 0 spiro atoms. The van der Waals surface area contributed by atoms with Gasteiger partial charge >= 0.3 is 5.97 Å². The van der Waals surface area contributed by atoms with Gasteiger partial charge in [-0.3, -0.25) is 4.79 Å². The molecule has 0 aromatic heterocycles. The second-order valence-electron chi connectivity index (χ2n) is 4.67. The summed E-state index contributed by atoms with van der Waals surface area (Å²) in [5.74, 6) is -0.171. The minimum absolute atomic E-state index is 0.450. The zero-order valence-corrected chi connectivity index (χ0v) is 9.48. The maximum atomic E-state index is 10.6. The Labute approximate surface area is 91.4 Å². The predicted octanol–water partition coefficient (Wildman–Crippen LogP) is 0.910. The van der Waals surface area contributed by atoms with E-state index in [1.54, 1.807) is 0 Å². The number of aliphatic carboxylic acids is 1. The summed E-state index contributed by atoms with van der Waals surface area (Å²) in [5.41, 5.74) is 5.48. The van der Waals surface area contributed by atoms with Crippen LogP contribution in [-0.2, 0) is 4.79 Å². The molecule has 0 aromatic rings. The lowest BCUT2D eigenvalue weighted by Gasteiger charge is -2.27. The van der Waals surface area contributed by atoms with Crippen LogP contribution >= 0.6 is 0 Å². The quantitative estimate of drug-likeness (QED) is 0.714. The fourth-order valence-electron chi connectivity index (χ4n) is 2.30. The first-order valence-corrected chi connectivity index (χ1v) is 5.76. The summed E-state index contributed by atoms with van der Waals surface area (Å²) in [6.07, 6.45) is 6.57. The molecule has 0 saturated heterocycles. The molecule has 0 aliphatic heterocycles. The fourth-order valence-corrected chi connectivity index (χ4v) is 2.30. The van der Waals surface area contributed by atoms with Crippen molar-refractivity contribution in [3.05, 3.63) is 0 Å². The van der Waals surface area contributed by atoms with Gasteiger partial charge in [0, 0.05) is 13.1 Å². The Bertz CT molecular complexity index is 203. The second-order valence-corrected chi connectivity index (χ2v) is 4.67. The summed E-state index contributed by atoms with van der Waals surface area (Å²) < 4.78 is 0. The molecule has 1 atom stereocenters. The molecule has 4 heteroatoms. The normalized spacial score (nSPS) is 20.5. The summed E-state index contributed by atoms with van der Waals surface area (Å²) >= 11 is 0. The molecule has 0 bridgehead atoms. The lowest BCUT2D eigenvalue weighted by Crippen LogP contribution is -2.42. The third kappa shape index (κ3) is 4.62. The van der Waals surface area contributed by atoms with Gasteiger partial charge in [0.25, 0.3) is 0 Å². The van der Waals surface area contributed by atoms with Crippen LogP contribution in [0.3, 0.4) is 0 Å². The lowest BCUT2D eigenvalue weighted by atomic mass is 9.89. The Kier molecular flexibility index (Phi) is 5.05. The van der Waals surface area contributed by atoms with Crippen molar-refractivity contribution in [3.63, 3.8) is 0 Å². The maximum absolute atomic E-state index is 10.6. The first kappa shape index (κ1) is 12.5. The van der Waals surface area contributed by atoms with Gasteiger partial charge in [0.1, 0.15) is 6.04 Å². The van der Waals surface area contributed by atoms with E-state index in [2.05, 4.69) is 4.90 Å². The molecule has 4 nitrogen and oxygen atoms in total. The fraction of sp³-hybridized carbons (Fsp3) is 0.909. The summed E-state index contributed by atoms with van der Waals surface area (Å²) in [6, 6.07) is -0.751. The zero-order valence-electron chi connectivity index (χ0n) is 9.48. The van der Waals surface area contributed by atoms with E-state index in [1.807, 2.05) is 7.05 Å². The zero-order chi connectivity index (χ0) is 11.3. The van der Waals surface area contributed by atoms with Crippen LogP contribution in [0.5, 0.6) is 0 Å². The van der Waals surface area contributed by atoms with Crippen LogP contribution in [0.2, 0.25) is 0 Å². The Morgan fingerprint density at radius 3 is 2.60 bits per heavy atom. The number of hydrogen-bond donors (Lipinski definition) is 2. The van der Waals surface area contributed by atoms with Gasteiger partial charge in [0.15, 0.2) is 0 Å². The summed E-state index contributed by atoms with van der Waals surface area (Å²) in [6.45, 7) is 1.44. The Balaban J connectivity index is 2.22. The third-order valence-electron chi connectivity index (χ3n) is 3.12. The van der Waals surface area contributed by atoms with E-state index in [0.717, 1.165) is 12.5 Å². The molecule has 0 aromatic carbocycles. The molecule has 0 amide bonds. The average Bonchev–Trinajstić information content (AvgIpc) is 2.18. The van der Waals surface area contributed by atoms with E-state index >= 15 is 0 Å². The minimum Gasteiger partial charge on any atom is -0.480 e. The number of nitrogens with two attached hydrogens (primary N) is 1. The van der Waals surface area contributed by atoms with Crippen molar-refractivity contribution < 1.29 is 9.90 Å².